The second-order valence-electron chi connectivity index (χ2n) is 6.16. The minimum atomic E-state index is -0.376. The molecule has 4 aromatic rings. The van der Waals surface area contributed by atoms with Gasteiger partial charge in [-0.05, 0) is 48.9 Å². The fourth-order valence-corrected chi connectivity index (χ4v) is 3.02. The van der Waals surface area contributed by atoms with E-state index in [0.717, 1.165) is 22.2 Å². The molecule has 126 valence electrons. The average Bonchev–Trinajstić information content (AvgIpc) is 2.95. The minimum absolute atomic E-state index is 0.245. The third kappa shape index (κ3) is 2.56. The van der Waals surface area contributed by atoms with Crippen molar-refractivity contribution in [2.75, 3.05) is 5.32 Å². The molecule has 25 heavy (non-hydrogen) atoms. The standard InChI is InChI=1S/C19H18N4O2/c1-12-5-8-23-17(9-12)21-18(15(11-24)19(23)25)20-14-3-4-16-13(10-14)6-7-22(16)2/h3-10,20,24H,11H2,1-2H3. The van der Waals surface area contributed by atoms with E-state index in [1.807, 2.05) is 61.1 Å². The lowest BCUT2D eigenvalue weighted by molar-refractivity contribution is 0.280. The van der Waals surface area contributed by atoms with Crippen LogP contribution in [0, 0.1) is 6.92 Å². The number of aromatic nitrogens is 3. The van der Waals surface area contributed by atoms with Crippen molar-refractivity contribution < 1.29 is 5.11 Å². The summed E-state index contributed by atoms with van der Waals surface area (Å²) in [6.07, 6.45) is 3.68. The molecule has 0 aliphatic rings. The molecule has 0 bridgehead atoms. The molecule has 3 heterocycles. The summed E-state index contributed by atoms with van der Waals surface area (Å²) in [6, 6.07) is 11.6. The highest BCUT2D eigenvalue weighted by atomic mass is 16.3. The molecule has 2 N–H and O–H groups in total. The monoisotopic (exact) mass is 334 g/mol. The van der Waals surface area contributed by atoms with E-state index in [9.17, 15) is 9.90 Å². The van der Waals surface area contributed by atoms with Gasteiger partial charge in [0.2, 0.25) is 0 Å². The van der Waals surface area contributed by atoms with E-state index in [0.29, 0.717) is 11.5 Å². The quantitative estimate of drug-likeness (QED) is 0.604. The Morgan fingerprint density at radius 1 is 1.16 bits per heavy atom. The van der Waals surface area contributed by atoms with Crippen molar-refractivity contribution in [3.05, 3.63) is 70.3 Å². The molecular weight excluding hydrogens is 316 g/mol. The van der Waals surface area contributed by atoms with Crippen molar-refractivity contribution in [3.63, 3.8) is 0 Å². The molecule has 0 amide bonds. The molecule has 0 aliphatic heterocycles. The van der Waals surface area contributed by atoms with Gasteiger partial charge >= 0.3 is 0 Å². The van der Waals surface area contributed by atoms with Crippen LogP contribution in [0.2, 0.25) is 0 Å². The second-order valence-corrected chi connectivity index (χ2v) is 6.16. The summed E-state index contributed by atoms with van der Waals surface area (Å²) in [5.74, 6) is 0.383. The third-order valence-corrected chi connectivity index (χ3v) is 4.39. The van der Waals surface area contributed by atoms with Crippen LogP contribution in [-0.4, -0.2) is 19.1 Å². The molecule has 0 fully saturated rings. The van der Waals surface area contributed by atoms with Crippen LogP contribution in [0.1, 0.15) is 11.1 Å². The lowest BCUT2D eigenvalue weighted by Crippen LogP contribution is -2.21. The highest BCUT2D eigenvalue weighted by Gasteiger charge is 2.13. The van der Waals surface area contributed by atoms with Crippen molar-refractivity contribution in [2.45, 2.75) is 13.5 Å². The number of rotatable bonds is 3. The molecule has 6 heteroatoms. The molecule has 0 saturated heterocycles. The number of nitrogens with one attached hydrogen (secondary N) is 1. The summed E-state index contributed by atoms with van der Waals surface area (Å²) in [5, 5.41) is 13.9. The van der Waals surface area contributed by atoms with Gasteiger partial charge in [0.1, 0.15) is 11.5 Å². The number of pyridine rings is 1. The van der Waals surface area contributed by atoms with Crippen LogP contribution in [-0.2, 0) is 13.7 Å². The lowest BCUT2D eigenvalue weighted by Gasteiger charge is -2.12. The highest BCUT2D eigenvalue weighted by molar-refractivity contribution is 5.84. The van der Waals surface area contributed by atoms with E-state index in [4.69, 9.17) is 0 Å². The number of hydrogen-bond donors (Lipinski definition) is 2. The molecule has 4 rings (SSSR count). The molecule has 0 aliphatic carbocycles. The van der Waals surface area contributed by atoms with E-state index < -0.39 is 0 Å². The van der Waals surface area contributed by atoms with Crippen LogP contribution in [0.5, 0.6) is 0 Å². The Hall–Kier alpha value is -3.12. The zero-order chi connectivity index (χ0) is 17.6. The summed E-state index contributed by atoms with van der Waals surface area (Å²) in [6.45, 7) is 1.57. The number of aliphatic hydroxyl groups excluding tert-OH is 1. The van der Waals surface area contributed by atoms with E-state index >= 15 is 0 Å². The van der Waals surface area contributed by atoms with Gasteiger partial charge in [0, 0.05) is 36.0 Å². The number of hydrogen-bond acceptors (Lipinski definition) is 4. The molecule has 0 spiro atoms. The van der Waals surface area contributed by atoms with Gasteiger partial charge < -0.3 is 15.0 Å². The average molecular weight is 334 g/mol. The van der Waals surface area contributed by atoms with Crippen molar-refractivity contribution in [1.29, 1.82) is 0 Å². The SMILES string of the molecule is Cc1ccn2c(=O)c(CO)c(Nc3ccc4c(ccn4C)c3)nc2c1. The molecule has 0 radical (unpaired) electrons. The molecule has 0 saturated carbocycles. The first kappa shape index (κ1) is 15.4. The first-order valence-corrected chi connectivity index (χ1v) is 8.01. The number of aliphatic hydroxyl groups is 1. The van der Waals surface area contributed by atoms with E-state index in [2.05, 4.69) is 10.3 Å². The summed E-state index contributed by atoms with van der Waals surface area (Å²) < 4.78 is 3.49. The van der Waals surface area contributed by atoms with Gasteiger partial charge in [0.15, 0.2) is 0 Å². The van der Waals surface area contributed by atoms with E-state index in [-0.39, 0.29) is 17.7 Å². The summed E-state index contributed by atoms with van der Waals surface area (Å²) in [7, 11) is 1.99. The Bertz CT molecular complexity index is 1160. The maximum atomic E-state index is 12.6. The van der Waals surface area contributed by atoms with Gasteiger partial charge in [-0.3, -0.25) is 9.20 Å². The summed E-state index contributed by atoms with van der Waals surface area (Å²) in [5.41, 5.74) is 3.48. The van der Waals surface area contributed by atoms with Gasteiger partial charge in [-0.25, -0.2) is 4.98 Å². The molecule has 3 aromatic heterocycles. The van der Waals surface area contributed by atoms with Crippen LogP contribution >= 0.6 is 0 Å². The lowest BCUT2D eigenvalue weighted by atomic mass is 10.2. The van der Waals surface area contributed by atoms with Gasteiger partial charge in [-0.15, -0.1) is 0 Å². The topological polar surface area (TPSA) is 71.6 Å². The predicted molar refractivity (Wildman–Crippen MR) is 98.3 cm³/mol. The van der Waals surface area contributed by atoms with Gasteiger partial charge in [0.05, 0.1) is 12.2 Å². The number of benzene rings is 1. The van der Waals surface area contributed by atoms with Crippen molar-refractivity contribution >= 4 is 28.1 Å². The minimum Gasteiger partial charge on any atom is -0.391 e. The number of anilines is 2. The second kappa shape index (κ2) is 5.75. The maximum absolute atomic E-state index is 12.6. The van der Waals surface area contributed by atoms with Crippen molar-refractivity contribution in [3.8, 4) is 0 Å². The Kier molecular flexibility index (Phi) is 3.54. The molecule has 1 aromatic carbocycles. The summed E-state index contributed by atoms with van der Waals surface area (Å²) in [4.78, 5) is 17.2. The van der Waals surface area contributed by atoms with Gasteiger partial charge in [-0.1, -0.05) is 0 Å². The molecule has 6 nitrogen and oxygen atoms in total. The zero-order valence-corrected chi connectivity index (χ0v) is 14.0. The number of aryl methyl sites for hydroxylation is 2. The first-order valence-electron chi connectivity index (χ1n) is 8.01. The van der Waals surface area contributed by atoms with Crippen LogP contribution < -0.4 is 10.9 Å². The number of fused-ring (bicyclic) bond motifs is 2. The fraction of sp³-hybridized carbons (Fsp3) is 0.158. The Morgan fingerprint density at radius 2 is 2.00 bits per heavy atom. The largest absolute Gasteiger partial charge is 0.391 e. The van der Waals surface area contributed by atoms with Crippen LogP contribution in [0.3, 0.4) is 0 Å². The van der Waals surface area contributed by atoms with Gasteiger partial charge in [0.25, 0.3) is 5.56 Å². The molecular formula is C19H18N4O2. The van der Waals surface area contributed by atoms with Crippen LogP contribution in [0.4, 0.5) is 11.5 Å². The summed E-state index contributed by atoms with van der Waals surface area (Å²) >= 11 is 0. The molecule has 0 atom stereocenters. The highest BCUT2D eigenvalue weighted by Crippen LogP contribution is 2.23. The fourth-order valence-electron chi connectivity index (χ4n) is 3.02. The smallest absolute Gasteiger partial charge is 0.265 e. The van der Waals surface area contributed by atoms with Crippen LogP contribution in [0.15, 0.2) is 53.6 Å². The van der Waals surface area contributed by atoms with Crippen LogP contribution in [0.25, 0.3) is 16.6 Å². The first-order chi connectivity index (χ1) is 12.1. The van der Waals surface area contributed by atoms with Crippen molar-refractivity contribution in [1.82, 2.24) is 14.0 Å². The predicted octanol–water partition coefficient (Wildman–Crippen LogP) is 2.73. The maximum Gasteiger partial charge on any atom is 0.265 e. The van der Waals surface area contributed by atoms with E-state index in [1.54, 1.807) is 6.20 Å². The van der Waals surface area contributed by atoms with Crippen molar-refractivity contribution in [2.24, 2.45) is 7.05 Å². The third-order valence-electron chi connectivity index (χ3n) is 4.39. The Labute approximate surface area is 144 Å². The van der Waals surface area contributed by atoms with E-state index in [1.165, 1.54) is 4.40 Å². The Morgan fingerprint density at radius 3 is 2.80 bits per heavy atom. The Balaban J connectivity index is 1.85. The normalized spacial score (nSPS) is 11.3. The van der Waals surface area contributed by atoms with Gasteiger partial charge in [-0.2, -0.15) is 0 Å². The zero-order valence-electron chi connectivity index (χ0n) is 14.0. The molecule has 0 unspecified atom stereocenters. The number of nitrogens with zero attached hydrogens (tertiary/aromatic N) is 3.